The van der Waals surface area contributed by atoms with E-state index >= 15 is 0 Å². The minimum Gasteiger partial charge on any atom is -0.455 e. The van der Waals surface area contributed by atoms with Crippen molar-refractivity contribution < 1.29 is 22.8 Å². The summed E-state index contributed by atoms with van der Waals surface area (Å²) in [4.78, 5) is 10.5. The standard InChI is InChI=1S/C15H11Cl2F3NO3P/c1-2-8-5-11(21(22)23)14(25-17)7-13(8)24-12-4-3-9(6-10(12)16)15(18,19)20/h3-7,25H,2H2,1H3. The second-order valence-corrected chi connectivity index (χ2v) is 6.63. The van der Waals surface area contributed by atoms with Gasteiger partial charge < -0.3 is 4.74 Å². The van der Waals surface area contributed by atoms with Crippen molar-refractivity contribution in [3.63, 3.8) is 0 Å². The van der Waals surface area contributed by atoms with Gasteiger partial charge in [0, 0.05) is 19.6 Å². The maximum absolute atomic E-state index is 12.7. The van der Waals surface area contributed by atoms with Crippen LogP contribution < -0.4 is 10.0 Å². The number of ether oxygens (including phenoxy) is 1. The summed E-state index contributed by atoms with van der Waals surface area (Å²) < 4.78 is 43.7. The molecule has 0 N–H and O–H groups in total. The molecule has 0 heterocycles. The molecule has 0 aliphatic rings. The monoisotopic (exact) mass is 411 g/mol. The van der Waals surface area contributed by atoms with Gasteiger partial charge in [-0.1, -0.05) is 29.8 Å². The van der Waals surface area contributed by atoms with Gasteiger partial charge in [-0.2, -0.15) is 13.2 Å². The Labute approximate surface area is 152 Å². The van der Waals surface area contributed by atoms with Crippen molar-refractivity contribution in [2.45, 2.75) is 19.5 Å². The lowest BCUT2D eigenvalue weighted by molar-refractivity contribution is -0.383. The predicted octanol–water partition coefficient (Wildman–Crippen LogP) is 6.08. The Morgan fingerprint density at radius 2 is 1.92 bits per heavy atom. The Kier molecular flexibility index (Phi) is 6.14. The number of nitrogens with zero attached hydrogens (tertiary/aromatic N) is 1. The summed E-state index contributed by atoms with van der Waals surface area (Å²) in [5.74, 6) is 0.278. The van der Waals surface area contributed by atoms with Crippen molar-refractivity contribution in [1.82, 2.24) is 0 Å². The summed E-state index contributed by atoms with van der Waals surface area (Å²) in [6.45, 7) is 1.77. The van der Waals surface area contributed by atoms with Crippen LogP contribution in [-0.2, 0) is 12.6 Å². The van der Waals surface area contributed by atoms with Gasteiger partial charge >= 0.3 is 6.18 Å². The number of hydrogen-bond acceptors (Lipinski definition) is 3. The van der Waals surface area contributed by atoms with E-state index in [1.807, 2.05) is 0 Å². The Bertz CT molecular complexity index is 815. The second kappa shape index (κ2) is 7.77. The van der Waals surface area contributed by atoms with E-state index in [4.69, 9.17) is 27.6 Å². The average molecular weight is 412 g/mol. The fourth-order valence-corrected chi connectivity index (χ4v) is 3.21. The zero-order valence-corrected chi connectivity index (χ0v) is 15.2. The summed E-state index contributed by atoms with van der Waals surface area (Å²) in [5, 5.41) is 11.1. The molecule has 2 aromatic rings. The van der Waals surface area contributed by atoms with Crippen LogP contribution in [0.15, 0.2) is 30.3 Å². The lowest BCUT2D eigenvalue weighted by Gasteiger charge is -2.14. The van der Waals surface area contributed by atoms with Gasteiger partial charge in [0.15, 0.2) is 0 Å². The van der Waals surface area contributed by atoms with Gasteiger partial charge in [-0.05, 0) is 30.7 Å². The minimum atomic E-state index is -4.52. The van der Waals surface area contributed by atoms with Crippen LogP contribution in [0.2, 0.25) is 5.02 Å². The van der Waals surface area contributed by atoms with Crippen molar-refractivity contribution in [1.29, 1.82) is 0 Å². The number of rotatable bonds is 5. The van der Waals surface area contributed by atoms with Gasteiger partial charge in [-0.15, -0.1) is 0 Å². The summed E-state index contributed by atoms with van der Waals surface area (Å²) in [5.41, 5.74) is -0.510. The molecular formula is C15H11Cl2F3NO3P. The van der Waals surface area contributed by atoms with E-state index in [0.717, 1.165) is 18.2 Å². The summed E-state index contributed by atoms with van der Waals surface area (Å²) >= 11 is 11.6. The Morgan fingerprint density at radius 3 is 2.40 bits per heavy atom. The van der Waals surface area contributed by atoms with Crippen LogP contribution in [0.4, 0.5) is 18.9 Å². The highest BCUT2D eigenvalue weighted by atomic mass is 35.7. The van der Waals surface area contributed by atoms with Crippen molar-refractivity contribution in [3.8, 4) is 11.5 Å². The zero-order valence-electron chi connectivity index (χ0n) is 12.7. The van der Waals surface area contributed by atoms with Gasteiger partial charge in [0.05, 0.1) is 20.8 Å². The number of alkyl halides is 3. The van der Waals surface area contributed by atoms with Gasteiger partial charge in [0.25, 0.3) is 5.69 Å². The van der Waals surface area contributed by atoms with Crippen LogP contribution in [0.1, 0.15) is 18.1 Å². The maximum Gasteiger partial charge on any atom is 0.416 e. The number of hydrogen-bond donors (Lipinski definition) is 0. The van der Waals surface area contributed by atoms with Crippen LogP contribution in [0.25, 0.3) is 0 Å². The van der Waals surface area contributed by atoms with Gasteiger partial charge in [-0.25, -0.2) is 0 Å². The van der Waals surface area contributed by atoms with Gasteiger partial charge in [0.2, 0.25) is 0 Å². The van der Waals surface area contributed by atoms with Crippen molar-refractivity contribution >= 4 is 41.8 Å². The summed E-state index contributed by atoms with van der Waals surface area (Å²) in [7, 11) is -0.367. The Hall–Kier alpha value is -1.56. The van der Waals surface area contributed by atoms with E-state index in [1.54, 1.807) is 6.92 Å². The number of aryl methyl sites for hydroxylation is 1. The molecule has 10 heteroatoms. The Morgan fingerprint density at radius 1 is 1.24 bits per heavy atom. The average Bonchev–Trinajstić information content (AvgIpc) is 2.54. The molecular weight excluding hydrogens is 401 g/mol. The lowest BCUT2D eigenvalue weighted by Crippen LogP contribution is -2.07. The molecule has 1 atom stereocenters. The molecule has 0 aromatic heterocycles. The molecule has 0 spiro atoms. The normalized spacial score (nSPS) is 11.9. The predicted molar refractivity (Wildman–Crippen MR) is 92.8 cm³/mol. The van der Waals surface area contributed by atoms with Crippen molar-refractivity contribution in [2.75, 3.05) is 0 Å². The van der Waals surface area contributed by atoms with Crippen LogP contribution in [0, 0.1) is 10.1 Å². The molecule has 0 aliphatic heterocycles. The van der Waals surface area contributed by atoms with Crippen LogP contribution in [0.3, 0.4) is 0 Å². The third-order valence-corrected chi connectivity index (χ3v) is 4.85. The highest BCUT2D eigenvalue weighted by molar-refractivity contribution is 7.75. The summed E-state index contributed by atoms with van der Waals surface area (Å²) in [6, 6.07) is 5.48. The largest absolute Gasteiger partial charge is 0.455 e. The van der Waals surface area contributed by atoms with Crippen LogP contribution in [0.5, 0.6) is 11.5 Å². The van der Waals surface area contributed by atoms with E-state index in [2.05, 4.69) is 0 Å². The van der Waals surface area contributed by atoms with E-state index < -0.39 is 16.7 Å². The summed E-state index contributed by atoms with van der Waals surface area (Å²) in [6.07, 6.45) is -4.10. The molecule has 0 amide bonds. The molecule has 0 aliphatic carbocycles. The number of benzene rings is 2. The maximum atomic E-state index is 12.7. The fraction of sp³-hybridized carbons (Fsp3) is 0.200. The number of nitro groups is 1. The molecule has 0 saturated carbocycles. The third kappa shape index (κ3) is 4.54. The first-order valence-corrected chi connectivity index (χ1v) is 9.29. The van der Waals surface area contributed by atoms with E-state index in [0.29, 0.717) is 12.0 Å². The number of nitro benzene ring substituents is 1. The number of halogens is 5. The first kappa shape index (κ1) is 19.8. The van der Waals surface area contributed by atoms with E-state index in [1.165, 1.54) is 12.1 Å². The van der Waals surface area contributed by atoms with E-state index in [9.17, 15) is 23.3 Å². The molecule has 1 unspecified atom stereocenters. The molecule has 2 rings (SSSR count). The highest BCUT2D eigenvalue weighted by Crippen LogP contribution is 2.38. The molecule has 4 nitrogen and oxygen atoms in total. The first-order chi connectivity index (χ1) is 11.7. The molecule has 25 heavy (non-hydrogen) atoms. The van der Waals surface area contributed by atoms with Gasteiger partial charge in [-0.3, -0.25) is 10.1 Å². The fourth-order valence-electron chi connectivity index (χ4n) is 2.09. The minimum absolute atomic E-state index is 0.0158. The Balaban J connectivity index is 2.45. The third-order valence-electron chi connectivity index (χ3n) is 3.34. The molecule has 0 bridgehead atoms. The van der Waals surface area contributed by atoms with Crippen LogP contribution in [-0.4, -0.2) is 4.92 Å². The van der Waals surface area contributed by atoms with Crippen molar-refractivity contribution in [3.05, 3.63) is 56.6 Å². The molecule has 2 aromatic carbocycles. The second-order valence-electron chi connectivity index (χ2n) is 4.93. The van der Waals surface area contributed by atoms with Gasteiger partial charge in [0.1, 0.15) is 11.5 Å². The van der Waals surface area contributed by atoms with E-state index in [-0.39, 0.29) is 35.4 Å². The van der Waals surface area contributed by atoms with Crippen molar-refractivity contribution in [2.24, 2.45) is 0 Å². The zero-order chi connectivity index (χ0) is 18.8. The molecule has 0 radical (unpaired) electrons. The lowest BCUT2D eigenvalue weighted by atomic mass is 10.1. The smallest absolute Gasteiger partial charge is 0.416 e. The molecule has 0 fully saturated rings. The molecule has 0 saturated heterocycles. The SMILES string of the molecule is CCc1cc([N+](=O)[O-])c(PCl)cc1Oc1ccc(C(F)(F)F)cc1Cl. The quantitative estimate of drug-likeness (QED) is 0.340. The first-order valence-electron chi connectivity index (χ1n) is 6.90. The highest BCUT2D eigenvalue weighted by Gasteiger charge is 2.31. The molecule has 134 valence electrons. The topological polar surface area (TPSA) is 52.4 Å². The van der Waals surface area contributed by atoms with Crippen LogP contribution >= 0.6 is 30.8 Å².